The third kappa shape index (κ3) is 5.28. The summed E-state index contributed by atoms with van der Waals surface area (Å²) >= 11 is 12.3. The van der Waals surface area contributed by atoms with Crippen LogP contribution in [0.5, 0.6) is 5.75 Å². The van der Waals surface area contributed by atoms with Crippen LogP contribution < -0.4 is 15.8 Å². The molecule has 0 aliphatic heterocycles. The zero-order valence-corrected chi connectivity index (χ0v) is 18.5. The van der Waals surface area contributed by atoms with Crippen LogP contribution in [0.4, 0.5) is 10.2 Å². The topological polar surface area (TPSA) is 101 Å². The fraction of sp³-hybridized carbons (Fsp3) is 0.174. The molecule has 0 saturated heterocycles. The summed E-state index contributed by atoms with van der Waals surface area (Å²) in [5.74, 6) is -0.426. The first-order chi connectivity index (χ1) is 15.3. The lowest BCUT2D eigenvalue weighted by molar-refractivity contribution is 0.0954. The number of nitrogens with one attached hydrogen (secondary N) is 1. The van der Waals surface area contributed by atoms with Crippen molar-refractivity contribution >= 4 is 34.9 Å². The lowest BCUT2D eigenvalue weighted by Gasteiger charge is -2.19. The molecule has 1 atom stereocenters. The van der Waals surface area contributed by atoms with E-state index in [1.807, 2.05) is 6.07 Å². The van der Waals surface area contributed by atoms with Crippen molar-refractivity contribution in [2.24, 2.45) is 0 Å². The van der Waals surface area contributed by atoms with Gasteiger partial charge in [-0.2, -0.15) is 5.26 Å². The summed E-state index contributed by atoms with van der Waals surface area (Å²) in [4.78, 5) is 16.3. The lowest BCUT2D eigenvalue weighted by atomic mass is 10.0. The number of carbonyl (C=O) groups excluding carboxylic acids is 1. The molecule has 0 aliphatic carbocycles. The van der Waals surface area contributed by atoms with E-state index in [0.717, 1.165) is 5.56 Å². The Bertz CT molecular complexity index is 1180. The molecule has 0 bridgehead atoms. The summed E-state index contributed by atoms with van der Waals surface area (Å²) in [7, 11) is 0. The van der Waals surface area contributed by atoms with Gasteiger partial charge in [-0.25, -0.2) is 9.37 Å². The summed E-state index contributed by atoms with van der Waals surface area (Å²) in [5.41, 5.74) is 8.23. The fourth-order valence-corrected chi connectivity index (χ4v) is 3.70. The number of anilines is 1. The third-order valence-electron chi connectivity index (χ3n) is 4.67. The standard InChI is InChI=1S/C23H19Cl2FN4O2/c1-13(20-17(24)7-8-18(26)21(20)25)32-19-11-16(12-30-22(19)28)14-3-5-15(6-4-14)23(31)29-10-2-9-27/h3-8,11-13H,2,10H2,1H3,(H2,28,30)(H,29,31). The number of amides is 1. The molecular weight excluding hydrogens is 454 g/mol. The van der Waals surface area contributed by atoms with Crippen LogP contribution in [-0.4, -0.2) is 17.4 Å². The van der Waals surface area contributed by atoms with E-state index in [1.54, 1.807) is 43.5 Å². The summed E-state index contributed by atoms with van der Waals surface area (Å²) in [6.45, 7) is 1.97. The molecule has 2 aromatic carbocycles. The van der Waals surface area contributed by atoms with Crippen LogP contribution in [0.1, 0.15) is 35.4 Å². The molecule has 0 spiro atoms. The van der Waals surface area contributed by atoms with Crippen molar-refractivity contribution in [3.05, 3.63) is 75.7 Å². The van der Waals surface area contributed by atoms with Crippen LogP contribution in [0.2, 0.25) is 10.0 Å². The Kier molecular flexibility index (Phi) is 7.52. The number of hydrogen-bond acceptors (Lipinski definition) is 5. The van der Waals surface area contributed by atoms with Crippen molar-refractivity contribution in [1.82, 2.24) is 10.3 Å². The second-order valence-electron chi connectivity index (χ2n) is 6.87. The molecule has 0 fully saturated rings. The highest BCUT2D eigenvalue weighted by molar-refractivity contribution is 6.36. The quantitative estimate of drug-likeness (QED) is 0.346. The van der Waals surface area contributed by atoms with E-state index in [1.165, 1.54) is 12.1 Å². The van der Waals surface area contributed by atoms with Gasteiger partial charge in [0, 0.05) is 34.5 Å². The Labute approximate surface area is 194 Å². The first-order valence-corrected chi connectivity index (χ1v) is 10.4. The molecular formula is C23H19Cl2FN4O2. The molecule has 3 N–H and O–H groups in total. The predicted octanol–water partition coefficient (Wildman–Crippen LogP) is 5.56. The molecule has 32 heavy (non-hydrogen) atoms. The van der Waals surface area contributed by atoms with Gasteiger partial charge in [0.25, 0.3) is 5.91 Å². The molecule has 0 aliphatic rings. The summed E-state index contributed by atoms with van der Waals surface area (Å²) in [5, 5.41) is 11.4. The number of benzene rings is 2. The van der Waals surface area contributed by atoms with E-state index >= 15 is 0 Å². The first-order valence-electron chi connectivity index (χ1n) is 9.63. The Hall–Kier alpha value is -3.34. The molecule has 1 heterocycles. The van der Waals surface area contributed by atoms with Crippen molar-refractivity contribution in [2.75, 3.05) is 12.3 Å². The highest BCUT2D eigenvalue weighted by Gasteiger charge is 2.20. The van der Waals surface area contributed by atoms with Gasteiger partial charge < -0.3 is 15.8 Å². The van der Waals surface area contributed by atoms with Gasteiger partial charge in [-0.1, -0.05) is 35.3 Å². The maximum atomic E-state index is 13.9. The van der Waals surface area contributed by atoms with E-state index in [2.05, 4.69) is 10.3 Å². The number of aromatic nitrogens is 1. The number of nitriles is 1. The molecule has 3 aromatic rings. The maximum absolute atomic E-state index is 13.9. The number of pyridine rings is 1. The molecule has 1 aromatic heterocycles. The van der Waals surface area contributed by atoms with Gasteiger partial charge in [0.2, 0.25) is 0 Å². The molecule has 1 amide bonds. The van der Waals surface area contributed by atoms with Crippen molar-refractivity contribution in [3.8, 4) is 22.9 Å². The normalized spacial score (nSPS) is 11.5. The third-order valence-corrected chi connectivity index (χ3v) is 5.39. The van der Waals surface area contributed by atoms with E-state index < -0.39 is 11.9 Å². The van der Waals surface area contributed by atoms with E-state index in [4.69, 9.17) is 38.9 Å². The maximum Gasteiger partial charge on any atom is 0.251 e. The van der Waals surface area contributed by atoms with Crippen LogP contribution in [0, 0.1) is 17.1 Å². The van der Waals surface area contributed by atoms with Gasteiger partial charge in [-0.3, -0.25) is 4.79 Å². The zero-order chi connectivity index (χ0) is 23.3. The SMILES string of the molecule is CC(Oc1cc(-c2ccc(C(=O)NCCC#N)cc2)cnc1N)c1c(Cl)ccc(F)c1Cl. The van der Waals surface area contributed by atoms with Crippen LogP contribution in [0.25, 0.3) is 11.1 Å². The Morgan fingerprint density at radius 2 is 1.97 bits per heavy atom. The minimum atomic E-state index is -0.690. The van der Waals surface area contributed by atoms with E-state index in [-0.39, 0.29) is 40.5 Å². The smallest absolute Gasteiger partial charge is 0.251 e. The molecule has 6 nitrogen and oxygen atoms in total. The van der Waals surface area contributed by atoms with E-state index in [9.17, 15) is 9.18 Å². The summed E-state index contributed by atoms with van der Waals surface area (Å²) < 4.78 is 19.8. The van der Waals surface area contributed by atoms with Crippen molar-refractivity contribution in [2.45, 2.75) is 19.4 Å². The Balaban J connectivity index is 1.81. The number of nitrogens with zero attached hydrogens (tertiary/aromatic N) is 2. The number of ether oxygens (including phenoxy) is 1. The number of nitrogens with two attached hydrogens (primary N) is 1. The fourth-order valence-electron chi connectivity index (χ4n) is 3.02. The minimum Gasteiger partial charge on any atom is -0.482 e. The van der Waals surface area contributed by atoms with Crippen LogP contribution in [0.15, 0.2) is 48.7 Å². The van der Waals surface area contributed by atoms with Gasteiger partial charge in [0.05, 0.1) is 17.5 Å². The monoisotopic (exact) mass is 472 g/mol. The van der Waals surface area contributed by atoms with Crippen molar-refractivity contribution in [3.63, 3.8) is 0 Å². The summed E-state index contributed by atoms with van der Waals surface area (Å²) in [6.07, 6.45) is 1.13. The van der Waals surface area contributed by atoms with Crippen molar-refractivity contribution < 1.29 is 13.9 Å². The number of hydrogen-bond donors (Lipinski definition) is 2. The molecule has 0 saturated carbocycles. The van der Waals surface area contributed by atoms with Gasteiger partial charge >= 0.3 is 0 Å². The second-order valence-corrected chi connectivity index (χ2v) is 7.65. The van der Waals surface area contributed by atoms with Gasteiger partial charge in [-0.05, 0) is 42.8 Å². The zero-order valence-electron chi connectivity index (χ0n) is 17.0. The summed E-state index contributed by atoms with van der Waals surface area (Å²) in [6, 6.07) is 13.1. The molecule has 9 heteroatoms. The molecule has 1 unspecified atom stereocenters. The van der Waals surface area contributed by atoms with Crippen LogP contribution >= 0.6 is 23.2 Å². The van der Waals surface area contributed by atoms with Crippen LogP contribution in [0.3, 0.4) is 0 Å². The number of nitrogen functional groups attached to an aromatic ring is 1. The van der Waals surface area contributed by atoms with Gasteiger partial charge in [-0.15, -0.1) is 0 Å². The Morgan fingerprint density at radius 1 is 1.25 bits per heavy atom. The van der Waals surface area contributed by atoms with Gasteiger partial charge in [0.1, 0.15) is 11.9 Å². The number of rotatable bonds is 7. The average Bonchev–Trinajstić information content (AvgIpc) is 2.78. The Morgan fingerprint density at radius 3 is 2.66 bits per heavy atom. The number of halogens is 3. The molecule has 0 radical (unpaired) electrons. The highest BCUT2D eigenvalue weighted by Crippen LogP contribution is 2.36. The number of carbonyl (C=O) groups is 1. The predicted molar refractivity (Wildman–Crippen MR) is 122 cm³/mol. The molecule has 3 rings (SSSR count). The van der Waals surface area contributed by atoms with Gasteiger partial charge in [0.15, 0.2) is 11.6 Å². The molecule has 164 valence electrons. The second kappa shape index (κ2) is 10.3. The average molecular weight is 473 g/mol. The largest absolute Gasteiger partial charge is 0.482 e. The van der Waals surface area contributed by atoms with Crippen LogP contribution in [-0.2, 0) is 0 Å². The minimum absolute atomic E-state index is 0.115. The van der Waals surface area contributed by atoms with E-state index in [0.29, 0.717) is 16.7 Å². The van der Waals surface area contributed by atoms with Crippen molar-refractivity contribution in [1.29, 1.82) is 5.26 Å². The highest BCUT2D eigenvalue weighted by atomic mass is 35.5. The lowest BCUT2D eigenvalue weighted by Crippen LogP contribution is -2.24. The first kappa shape index (κ1) is 23.3.